The second kappa shape index (κ2) is 13.5. The van der Waals surface area contributed by atoms with Gasteiger partial charge in [-0.3, -0.25) is 0 Å². The van der Waals surface area contributed by atoms with E-state index in [2.05, 4.69) is 0 Å². The molecule has 1 heteroatoms. The lowest BCUT2D eigenvalue weighted by Gasteiger charge is -2.25. The summed E-state index contributed by atoms with van der Waals surface area (Å²) in [6.07, 6.45) is 0. The van der Waals surface area contributed by atoms with Gasteiger partial charge in [-0.1, -0.05) is 72.5 Å². The van der Waals surface area contributed by atoms with E-state index in [1.807, 2.05) is 69.2 Å². The summed E-state index contributed by atoms with van der Waals surface area (Å²) in [4.78, 5) is 0. The zero-order valence-electron chi connectivity index (χ0n) is 52.4. The lowest BCUT2D eigenvalue weighted by Crippen LogP contribution is -2.00. The molecule has 0 spiro atoms. The van der Waals surface area contributed by atoms with Crippen LogP contribution >= 0.6 is 0 Å². The van der Waals surface area contributed by atoms with Crippen molar-refractivity contribution in [3.05, 3.63) is 162 Å². The number of aryl methyl sites for hydroxylation is 9. The molecule has 11 aromatic rings. The molecule has 10 aromatic carbocycles. The van der Waals surface area contributed by atoms with Gasteiger partial charge < -0.3 is 4.42 Å². The molecule has 0 N–H and O–H groups in total. The van der Waals surface area contributed by atoms with Crippen molar-refractivity contribution >= 4 is 86.6 Å². The van der Waals surface area contributed by atoms with Crippen molar-refractivity contribution in [2.24, 2.45) is 0 Å². The Kier molecular flexibility index (Phi) is 5.78. The zero-order valence-corrected chi connectivity index (χ0v) is 38.4. The van der Waals surface area contributed by atoms with Crippen LogP contribution in [0, 0.1) is 96.9 Å². The molecule has 1 heterocycles. The van der Waals surface area contributed by atoms with Gasteiger partial charge in [-0.05, 0) is 268 Å². The highest BCUT2D eigenvalue weighted by molar-refractivity contribution is 6.32. The van der Waals surface area contributed by atoms with Crippen LogP contribution in [0.4, 0.5) is 0 Å². The Morgan fingerprint density at radius 2 is 0.857 bits per heavy atom. The largest absolute Gasteiger partial charge is 0.455 e. The summed E-state index contributed by atoms with van der Waals surface area (Å²) in [5.41, 5.74) is 9.82. The normalized spacial score (nSPS) is 15.4. The predicted molar refractivity (Wildman–Crippen MR) is 276 cm³/mol. The van der Waals surface area contributed by atoms with E-state index in [1.54, 1.807) is 27.7 Å². The lowest BCUT2D eigenvalue weighted by molar-refractivity contribution is 0.663. The molecule has 0 aliphatic heterocycles. The number of hydrogen-bond donors (Lipinski definition) is 0. The molecule has 0 bridgehead atoms. The SMILES string of the molecule is [2H]c1c([2H])c(-c2c3c([2H])c(C)c(C)c(C)c3c(-c3c([2H])c4c(C)c(C)c5c([2H])c([2H])c(C)c(C)c5c4c4c([2H])c([2H])c([2H])c([2H])c34)c3c(C)c([2H])c([2H])c(C)c23)c2c(oc3c(C)c4c([2H])c(C)c(C)c(C)c4c([2H])c32)c1C. The third kappa shape index (κ3) is 5.17. The average Bonchev–Trinajstić information content (AvgIpc) is 3.83. The molecule has 1 nitrogen and oxygen atoms in total. The number of fused-ring (bicyclic) bond motifs is 11. The number of hydrogen-bond acceptors (Lipinski definition) is 1. The predicted octanol–water partition coefficient (Wildman–Crippen LogP) is 18.2. The Morgan fingerprint density at radius 1 is 0.286 bits per heavy atom. The second-order valence-electron chi connectivity index (χ2n) is 18.0. The van der Waals surface area contributed by atoms with Gasteiger partial charge in [-0.15, -0.1) is 0 Å². The summed E-state index contributed by atoms with van der Waals surface area (Å²) in [6, 6.07) is -2.21. The average molecular weight is 831 g/mol. The van der Waals surface area contributed by atoms with Crippen LogP contribution in [-0.4, -0.2) is 0 Å². The number of furan rings is 1. The molecule has 0 fully saturated rings. The molecule has 310 valence electrons. The van der Waals surface area contributed by atoms with Gasteiger partial charge in [-0.25, -0.2) is 0 Å². The van der Waals surface area contributed by atoms with Gasteiger partial charge in [-0.2, -0.15) is 0 Å². The summed E-state index contributed by atoms with van der Waals surface area (Å²) >= 11 is 0. The summed E-state index contributed by atoms with van der Waals surface area (Å²) in [6.45, 7) is 25.6. The monoisotopic (exact) mass is 831 g/mol. The molecule has 0 amide bonds. The van der Waals surface area contributed by atoms with E-state index < -0.39 is 18.1 Å². The van der Waals surface area contributed by atoms with Crippen LogP contribution in [0.2, 0.25) is 0 Å². The van der Waals surface area contributed by atoms with Crippen LogP contribution in [0.5, 0.6) is 0 Å². The van der Waals surface area contributed by atoms with Crippen LogP contribution in [0.15, 0.2) is 89.0 Å². The molecule has 0 unspecified atom stereocenters. The quantitative estimate of drug-likeness (QED) is 0.125. The van der Waals surface area contributed by atoms with Crippen LogP contribution in [-0.2, 0) is 0 Å². The van der Waals surface area contributed by atoms with Gasteiger partial charge >= 0.3 is 0 Å². The maximum absolute atomic E-state index is 10.8. The Balaban J connectivity index is 1.52. The van der Waals surface area contributed by atoms with Gasteiger partial charge in [0.2, 0.25) is 0 Å². The van der Waals surface area contributed by atoms with Crippen molar-refractivity contribution < 1.29 is 23.6 Å². The third-order valence-corrected chi connectivity index (χ3v) is 14.7. The first-order valence-electron chi connectivity index (χ1n) is 28.7. The fraction of sp³-hybridized carbons (Fsp3) is 0.226. The van der Waals surface area contributed by atoms with E-state index in [4.69, 9.17) is 5.79 Å². The Morgan fingerprint density at radius 3 is 1.57 bits per heavy atom. The van der Waals surface area contributed by atoms with E-state index in [-0.39, 0.29) is 99.3 Å². The Hall–Kier alpha value is -6.44. The first-order valence-corrected chi connectivity index (χ1v) is 21.7. The first-order chi connectivity index (χ1) is 36.0. The van der Waals surface area contributed by atoms with Gasteiger partial charge in [0.05, 0.1) is 19.2 Å². The van der Waals surface area contributed by atoms with E-state index in [0.29, 0.717) is 132 Å². The minimum Gasteiger partial charge on any atom is -0.455 e. The number of benzene rings is 10. The Labute approximate surface area is 391 Å². The molecule has 0 saturated carbocycles. The van der Waals surface area contributed by atoms with Crippen molar-refractivity contribution in [1.82, 2.24) is 0 Å². The third-order valence-electron chi connectivity index (χ3n) is 14.7. The van der Waals surface area contributed by atoms with Crippen LogP contribution < -0.4 is 0 Å². The molecular formula is C62H56O. The van der Waals surface area contributed by atoms with Crippen molar-refractivity contribution in [3.8, 4) is 22.3 Å². The van der Waals surface area contributed by atoms with E-state index in [1.165, 1.54) is 0 Å². The van der Waals surface area contributed by atoms with E-state index in [0.717, 1.165) is 22.3 Å². The topological polar surface area (TPSA) is 13.1 Å². The molecule has 0 aliphatic rings. The molecule has 11 rings (SSSR count). The summed E-state index contributed by atoms with van der Waals surface area (Å²) in [5.74, 6) is 0. The van der Waals surface area contributed by atoms with Crippen molar-refractivity contribution in [2.45, 2.75) is 96.9 Å². The maximum Gasteiger partial charge on any atom is 0.139 e. The van der Waals surface area contributed by atoms with Gasteiger partial charge in [0, 0.05) is 16.3 Å². The molecule has 1 aromatic heterocycles. The molecule has 0 radical (unpaired) electrons. The van der Waals surface area contributed by atoms with Crippen molar-refractivity contribution in [3.63, 3.8) is 0 Å². The zero-order chi connectivity index (χ0) is 56.4. The standard InChI is InChI=1S/C62H56O/c1-29-21-23-43-39(11)40(12)49-28-50(44-17-15-16-18-45(44)57(49)55(43)37(29)9)60-54-31(3)20-19-30(2)53(54)58(51-26-34(6)36(8)41(13)56(51)60)46-24-22-32(4)61-59(46)52-27-48-38(10)35(7)33(5)25-47(48)42(14)62(52)63-61/h15-28H,1-14H3/i15D,16D,17D,18D,19D,20D,21D,22D,23D,24D,25D,26D,27D,28D. The van der Waals surface area contributed by atoms with Crippen LogP contribution in [0.3, 0.4) is 0 Å². The van der Waals surface area contributed by atoms with Crippen LogP contribution in [0.1, 0.15) is 97.1 Å². The van der Waals surface area contributed by atoms with Gasteiger partial charge in [0.15, 0.2) is 0 Å². The van der Waals surface area contributed by atoms with E-state index >= 15 is 0 Å². The summed E-state index contributed by atoms with van der Waals surface area (Å²) < 4.78 is 143. The van der Waals surface area contributed by atoms with Gasteiger partial charge in [0.25, 0.3) is 0 Å². The smallest absolute Gasteiger partial charge is 0.139 e. The molecule has 0 aliphatic carbocycles. The minimum absolute atomic E-state index is 0.0127. The molecule has 0 atom stereocenters. The lowest BCUT2D eigenvalue weighted by atomic mass is 9.77. The van der Waals surface area contributed by atoms with Crippen LogP contribution in [0.25, 0.3) is 109 Å². The second-order valence-corrected chi connectivity index (χ2v) is 18.0. The fourth-order valence-electron chi connectivity index (χ4n) is 10.5. The summed E-state index contributed by atoms with van der Waals surface area (Å²) in [5, 5.41) is 5.04. The minimum atomic E-state index is -0.543. The maximum atomic E-state index is 10.8. The summed E-state index contributed by atoms with van der Waals surface area (Å²) in [7, 11) is 0. The number of rotatable bonds is 2. The highest BCUT2D eigenvalue weighted by Gasteiger charge is 2.28. The molecule has 63 heavy (non-hydrogen) atoms. The highest BCUT2D eigenvalue weighted by Crippen LogP contribution is 2.53. The molecule has 0 saturated heterocycles. The van der Waals surface area contributed by atoms with Gasteiger partial charge in [0.1, 0.15) is 11.2 Å². The Bertz CT molecular complexity index is 4670. The molecular weight excluding hydrogens is 761 g/mol. The fourth-order valence-corrected chi connectivity index (χ4v) is 10.5. The van der Waals surface area contributed by atoms with Crippen molar-refractivity contribution in [1.29, 1.82) is 0 Å². The highest BCUT2D eigenvalue weighted by atomic mass is 16.3. The van der Waals surface area contributed by atoms with Crippen molar-refractivity contribution in [2.75, 3.05) is 0 Å². The first kappa shape index (κ1) is 26.9. The van der Waals surface area contributed by atoms with E-state index in [9.17, 15) is 17.8 Å².